The van der Waals surface area contributed by atoms with Crippen molar-refractivity contribution in [2.24, 2.45) is 5.41 Å². The molecule has 6 fully saturated rings. The lowest BCUT2D eigenvalue weighted by atomic mass is 9.86. The van der Waals surface area contributed by atoms with Gasteiger partial charge in [0.15, 0.2) is 23.1 Å². The van der Waals surface area contributed by atoms with Gasteiger partial charge >= 0.3 is 0 Å². The van der Waals surface area contributed by atoms with Crippen LogP contribution < -0.4 is 16.0 Å². The molecule has 14 heterocycles. The van der Waals surface area contributed by atoms with Crippen LogP contribution in [-0.4, -0.2) is 290 Å². The fraction of sp³-hybridized carbons (Fsp3) is 0.330. The summed E-state index contributed by atoms with van der Waals surface area (Å²) in [7, 11) is 6.95. The molecule has 144 heavy (non-hydrogen) atoms. The second kappa shape index (κ2) is 42.5. The zero-order valence-electron chi connectivity index (χ0n) is 80.7. The Balaban J connectivity index is 0.000000132. The Morgan fingerprint density at radius 2 is 0.924 bits per heavy atom. The Morgan fingerprint density at radius 1 is 0.444 bits per heavy atom. The van der Waals surface area contributed by atoms with Crippen molar-refractivity contribution in [1.29, 1.82) is 0 Å². The summed E-state index contributed by atoms with van der Waals surface area (Å²) in [5, 5.41) is 41.3. The smallest absolute Gasteiger partial charge is 0.258 e. The number of rotatable bonds is 26. The number of hydrogen-bond acceptors (Lipinski definition) is 23. The maximum atomic E-state index is 15.1. The van der Waals surface area contributed by atoms with Crippen molar-refractivity contribution < 1.29 is 47.0 Å². The number of pyridine rings is 1. The number of halogens is 2. The summed E-state index contributed by atoms with van der Waals surface area (Å²) < 4.78 is 40.0. The number of aromatic nitrogens is 15. The number of nitrogens with zero attached hydrogens (tertiary/aromatic N) is 18. The minimum Gasteiger partial charge on any atom is -0.384 e. The lowest BCUT2D eigenvalue weighted by Gasteiger charge is -2.35. The Labute approximate surface area is 830 Å². The molecule has 33 nitrogen and oxygen atoms in total. The van der Waals surface area contributed by atoms with Crippen LogP contribution in [-0.2, 0) is 38.2 Å². The first kappa shape index (κ1) is 96.2. The third-order valence-corrected chi connectivity index (χ3v) is 29.3. The Bertz CT molecular complexity index is 7160. The molecule has 736 valence electrons. The molecule has 6 amide bonds. The van der Waals surface area contributed by atoms with Crippen molar-refractivity contribution in [2.45, 2.75) is 93.1 Å². The molecule has 6 aliphatic heterocycles. The van der Waals surface area contributed by atoms with Gasteiger partial charge in [0.05, 0.1) is 60.1 Å². The van der Waals surface area contributed by atoms with Crippen molar-refractivity contribution in [3.63, 3.8) is 0 Å². The van der Waals surface area contributed by atoms with Crippen LogP contribution in [0.2, 0.25) is 0 Å². The molecule has 8 aromatic heterocycles. The summed E-state index contributed by atoms with van der Waals surface area (Å²) in [5.74, 6) is 2.32. The molecule has 1 saturated carbocycles. The highest BCUT2D eigenvalue weighted by atomic mass is 19.1. The fourth-order valence-corrected chi connectivity index (χ4v) is 20.8. The van der Waals surface area contributed by atoms with E-state index in [1.165, 1.54) is 42.2 Å². The van der Waals surface area contributed by atoms with Gasteiger partial charge in [0.2, 0.25) is 29.5 Å². The van der Waals surface area contributed by atoms with Gasteiger partial charge in [-0.25, -0.2) is 38.7 Å². The molecular formula is C109H113F2N25O8. The molecule has 7 N–H and O–H groups in total. The number of H-pyrrole nitrogens is 4. The summed E-state index contributed by atoms with van der Waals surface area (Å²) in [5.41, 5.74) is 14.5. The van der Waals surface area contributed by atoms with E-state index >= 15 is 4.39 Å². The van der Waals surface area contributed by atoms with Crippen molar-refractivity contribution in [1.82, 2.24) is 110 Å². The number of nitrogens with one attached hydrogen (secondary N) is 7. The van der Waals surface area contributed by atoms with Gasteiger partial charge < -0.3 is 40.1 Å². The molecule has 0 spiro atoms. The van der Waals surface area contributed by atoms with Crippen molar-refractivity contribution >= 4 is 90.8 Å². The number of likely N-dealkylation sites (tertiary alicyclic amines) is 5. The van der Waals surface area contributed by atoms with E-state index in [0.717, 1.165) is 134 Å². The van der Waals surface area contributed by atoms with E-state index in [2.05, 4.69) is 151 Å². The van der Waals surface area contributed by atoms with Gasteiger partial charge in [0.1, 0.15) is 28.6 Å². The number of carbonyl (C=O) groups excluding carboxylic acids is 6. The number of anilines is 3. The van der Waals surface area contributed by atoms with Gasteiger partial charge in [-0.1, -0.05) is 66.7 Å². The zero-order chi connectivity index (χ0) is 99.0. The van der Waals surface area contributed by atoms with E-state index in [1.54, 1.807) is 93.0 Å². The molecule has 15 aromatic rings. The number of amides is 6. The second-order valence-corrected chi connectivity index (χ2v) is 38.6. The van der Waals surface area contributed by atoms with Crippen molar-refractivity contribution in [2.75, 3.05) is 149 Å². The van der Waals surface area contributed by atoms with E-state index in [1.807, 2.05) is 130 Å². The first-order chi connectivity index (χ1) is 70.2. The van der Waals surface area contributed by atoms with Crippen LogP contribution >= 0.6 is 0 Å². The largest absolute Gasteiger partial charge is 0.384 e. The number of carbonyl (C=O) groups is 6. The zero-order valence-corrected chi connectivity index (χ0v) is 80.7. The van der Waals surface area contributed by atoms with E-state index < -0.39 is 16.6 Å². The van der Waals surface area contributed by atoms with Gasteiger partial charge in [0.25, 0.3) is 5.91 Å². The summed E-state index contributed by atoms with van der Waals surface area (Å²) in [4.78, 5) is 126. The SMILES string of the molecule is CN(C)C1(C(=O)Nc2ccc3[nH]nc(-c4ccc(F)cc4)c3c2)CCN(CC(=O)N2CC=C(c3ccc(-c4ncccn4)cc3F)CC2)C1.COC[C@@]1(C(=O)Nc2ccc3[nH]nc(-c4ccnc(C5CC5)c4)c3c2)CCN(CC(=O)N2CCC(c3ccc(-c4ncccn4)cc3)CC2)C1.CO[C@@]1(C(=O)Nc2ccc3[nH]nc(-c4cn[nH]c4)c3c2)CCN(CC(=O)N2CCC(c3ccc(-c4ncccn4)cc3)CC2)C1. The molecule has 1 aliphatic carbocycles. The number of likely N-dealkylation sites (N-methyl/N-ethyl adjacent to an activating group) is 1. The average molecular weight is 1940 g/mol. The number of piperidine rings is 2. The van der Waals surface area contributed by atoms with Crippen LogP contribution in [0.4, 0.5) is 25.8 Å². The van der Waals surface area contributed by atoms with Crippen LogP contribution in [0.3, 0.4) is 0 Å². The maximum absolute atomic E-state index is 15.1. The molecular weight excluding hydrogens is 1830 g/mol. The first-order valence-electron chi connectivity index (χ1n) is 49.0. The van der Waals surface area contributed by atoms with Crippen LogP contribution in [0.1, 0.15) is 104 Å². The molecule has 0 bridgehead atoms. The number of hydrogen-bond donors (Lipinski definition) is 7. The van der Waals surface area contributed by atoms with Crippen LogP contribution in [0, 0.1) is 17.0 Å². The number of ether oxygens (including phenoxy) is 2. The van der Waals surface area contributed by atoms with Crippen LogP contribution in [0.15, 0.2) is 238 Å². The molecule has 0 radical (unpaired) electrons. The fourth-order valence-electron chi connectivity index (χ4n) is 20.8. The van der Waals surface area contributed by atoms with E-state index in [-0.39, 0.29) is 66.8 Å². The molecule has 1 unspecified atom stereocenters. The normalized spacial score (nSPS) is 19.2. The number of benzene rings is 7. The summed E-state index contributed by atoms with van der Waals surface area (Å²) in [6, 6.07) is 54.5. The third-order valence-electron chi connectivity index (χ3n) is 29.3. The maximum Gasteiger partial charge on any atom is 0.258 e. The summed E-state index contributed by atoms with van der Waals surface area (Å²) in [6.45, 7) is 7.86. The molecule has 3 atom stereocenters. The monoisotopic (exact) mass is 1940 g/mol. The number of aromatic amines is 4. The number of methoxy groups -OCH3 is 2. The van der Waals surface area contributed by atoms with Crippen LogP contribution in [0.5, 0.6) is 0 Å². The number of fused-ring (bicyclic) bond motifs is 3. The lowest BCUT2D eigenvalue weighted by molar-refractivity contribution is -0.138. The van der Waals surface area contributed by atoms with Gasteiger partial charge in [-0.3, -0.25) is 73.7 Å². The van der Waals surface area contributed by atoms with E-state index in [4.69, 9.17) is 9.47 Å². The van der Waals surface area contributed by atoms with Gasteiger partial charge in [0, 0.05) is 220 Å². The summed E-state index contributed by atoms with van der Waals surface area (Å²) >= 11 is 0. The minimum atomic E-state index is -1.04. The highest BCUT2D eigenvalue weighted by Gasteiger charge is 2.50. The van der Waals surface area contributed by atoms with Crippen molar-refractivity contribution in [3.05, 3.63) is 272 Å². The van der Waals surface area contributed by atoms with Gasteiger partial charge in [-0.15, -0.1) is 0 Å². The second-order valence-electron chi connectivity index (χ2n) is 38.6. The lowest BCUT2D eigenvalue weighted by Crippen LogP contribution is -2.56. The highest BCUT2D eigenvalue weighted by molar-refractivity contribution is 6.04. The van der Waals surface area contributed by atoms with Gasteiger partial charge in [-0.2, -0.15) is 20.4 Å². The Kier molecular flexibility index (Phi) is 28.4. The van der Waals surface area contributed by atoms with E-state index in [9.17, 15) is 33.2 Å². The predicted octanol–water partition coefficient (Wildman–Crippen LogP) is 14.7. The third kappa shape index (κ3) is 21.2. The van der Waals surface area contributed by atoms with Crippen LogP contribution in [0.25, 0.3) is 106 Å². The molecule has 7 aromatic carbocycles. The quantitative estimate of drug-likeness (QED) is 0.0265. The first-order valence-corrected chi connectivity index (χ1v) is 49.0. The van der Waals surface area contributed by atoms with Gasteiger partial charge in [-0.05, 0) is 229 Å². The predicted molar refractivity (Wildman–Crippen MR) is 545 cm³/mol. The molecule has 5 saturated heterocycles. The molecule has 7 aliphatic rings. The Hall–Kier alpha value is -15.3. The standard InChI is InChI=1S/C39H42N8O3.C37H36F2N8O2.C33H35N9O3/c1-50-25-39(38(49)43-31-9-10-33-32(22-31)36(45-44-33)30-11-17-40-34(21-30)28-5-6-28)14-20-46(24-39)23-35(48)47-18-12-27(13-19-47)26-3-7-29(8-4-26)37-41-15-2-16-42-37;1-45(2)37(36(49)42-28-9-11-32-30(21-28)34(44-43-32)25-4-7-27(38)8-5-25)14-19-46(23-37)22-33(48)47-17-12-24(13-18-47)29-10-6-26(20-31(29)39)35-40-15-3-16-41-35;1-45-33(32(44)38-26-7-8-28-27(17-26)30(40-39-28)25-18-36-37-19-25)11-16-41(21-33)20-29(43)42-14-9-23(10-15-42)22-3-5-24(6-4-22)31-34-12-2-13-35-31/h2-4,7-11,15-17,21-22,27-28H,5-6,12-14,18-20,23-25H2,1H3,(H,43,49)(H,44,45);3-12,15-16,20-21H,13-14,17-19,22-23H2,1-2H3,(H,42,49)(H,43,44);2-8,12-13,17-19,23H,9-11,14-16,20-21H2,1H3,(H,36,37)(H,38,44)(H,39,40)/t39-;;33-/m1.0/s1. The highest BCUT2D eigenvalue weighted by Crippen LogP contribution is 2.43. The summed E-state index contributed by atoms with van der Waals surface area (Å²) in [6.07, 6.45) is 25.8. The van der Waals surface area contributed by atoms with Crippen molar-refractivity contribution in [3.8, 4) is 67.9 Å². The average Bonchev–Trinajstić information content (AvgIpc) is 1.63. The Morgan fingerprint density at radius 3 is 1.42 bits per heavy atom. The minimum absolute atomic E-state index is 0.0268. The topological polar surface area (TPSA) is 385 Å². The molecule has 35 heteroatoms. The molecule has 22 rings (SSSR count). The van der Waals surface area contributed by atoms with E-state index in [0.29, 0.717) is 155 Å².